The van der Waals surface area contributed by atoms with Crippen molar-refractivity contribution in [2.24, 2.45) is 0 Å². The van der Waals surface area contributed by atoms with Crippen molar-refractivity contribution >= 4 is 0 Å². The van der Waals surface area contributed by atoms with E-state index in [2.05, 4.69) is 23.7 Å². The summed E-state index contributed by atoms with van der Waals surface area (Å²) in [6.45, 7) is 7.63. The molecule has 0 aliphatic carbocycles. The van der Waals surface area contributed by atoms with E-state index in [4.69, 9.17) is 0 Å². The lowest BCUT2D eigenvalue weighted by Crippen LogP contribution is -2.31. The van der Waals surface area contributed by atoms with Gasteiger partial charge in [0.2, 0.25) is 5.56 Å². The van der Waals surface area contributed by atoms with Crippen LogP contribution in [0.1, 0.15) is 44.0 Å². The van der Waals surface area contributed by atoms with Gasteiger partial charge in [0.25, 0.3) is 0 Å². The number of rotatable bonds is 2. The molecular formula is C13H20N2O. The minimum Gasteiger partial charge on any atom is -0.326 e. The van der Waals surface area contributed by atoms with Crippen molar-refractivity contribution in [3.63, 3.8) is 0 Å². The van der Waals surface area contributed by atoms with Gasteiger partial charge in [-0.2, -0.15) is 0 Å². The number of likely N-dealkylation sites (tertiary alicyclic amines) is 1. The van der Waals surface area contributed by atoms with Gasteiger partial charge in [-0.15, -0.1) is 0 Å². The van der Waals surface area contributed by atoms with Crippen LogP contribution in [0.25, 0.3) is 0 Å². The van der Waals surface area contributed by atoms with Crippen LogP contribution >= 0.6 is 0 Å². The van der Waals surface area contributed by atoms with Crippen molar-refractivity contribution in [2.75, 3.05) is 6.54 Å². The van der Waals surface area contributed by atoms with Crippen molar-refractivity contribution < 1.29 is 0 Å². The van der Waals surface area contributed by atoms with Gasteiger partial charge in [-0.05, 0) is 45.7 Å². The van der Waals surface area contributed by atoms with Gasteiger partial charge in [-0.25, -0.2) is 0 Å². The van der Waals surface area contributed by atoms with E-state index in [9.17, 15) is 4.79 Å². The summed E-state index contributed by atoms with van der Waals surface area (Å²) >= 11 is 0. The standard InChI is InChI=1S/C13H20N2O/c1-9(2)15-8-4-5-12(15)11-6-7-13(16)14-10(11)3/h6-7,9,12H,4-5,8H2,1-3H3,(H,14,16)/t12-/m1/s1. The summed E-state index contributed by atoms with van der Waals surface area (Å²) in [5.41, 5.74) is 2.30. The highest BCUT2D eigenvalue weighted by Gasteiger charge is 2.28. The zero-order valence-corrected chi connectivity index (χ0v) is 10.3. The predicted octanol–water partition coefficient (Wildman–Crippen LogP) is 2.23. The van der Waals surface area contributed by atoms with Crippen LogP contribution in [-0.4, -0.2) is 22.5 Å². The van der Waals surface area contributed by atoms with E-state index in [1.807, 2.05) is 13.0 Å². The number of hydrogen-bond acceptors (Lipinski definition) is 2. The minimum atomic E-state index is -0.00431. The number of hydrogen-bond donors (Lipinski definition) is 1. The molecule has 1 aromatic rings. The summed E-state index contributed by atoms with van der Waals surface area (Å²) in [6.07, 6.45) is 2.45. The first-order valence-electron chi connectivity index (χ1n) is 6.05. The summed E-state index contributed by atoms with van der Waals surface area (Å²) in [4.78, 5) is 16.6. The Morgan fingerprint density at radius 3 is 2.81 bits per heavy atom. The molecule has 1 fully saturated rings. The Morgan fingerprint density at radius 1 is 1.44 bits per heavy atom. The van der Waals surface area contributed by atoms with E-state index >= 15 is 0 Å². The third-order valence-corrected chi connectivity index (χ3v) is 3.47. The maximum Gasteiger partial charge on any atom is 0.248 e. The Kier molecular flexibility index (Phi) is 3.15. The van der Waals surface area contributed by atoms with E-state index in [1.54, 1.807) is 6.07 Å². The summed E-state index contributed by atoms with van der Waals surface area (Å²) in [5, 5.41) is 0. The van der Waals surface area contributed by atoms with Gasteiger partial charge in [0.15, 0.2) is 0 Å². The molecule has 1 aromatic heterocycles. The van der Waals surface area contributed by atoms with Crippen LogP contribution in [0, 0.1) is 6.92 Å². The molecule has 0 unspecified atom stereocenters. The monoisotopic (exact) mass is 220 g/mol. The third kappa shape index (κ3) is 2.05. The van der Waals surface area contributed by atoms with Gasteiger partial charge in [-0.3, -0.25) is 9.69 Å². The Labute approximate surface area is 96.5 Å². The number of aromatic amines is 1. The molecule has 0 saturated carbocycles. The van der Waals surface area contributed by atoms with E-state index in [1.165, 1.54) is 24.9 Å². The molecule has 0 aromatic carbocycles. The first-order valence-corrected chi connectivity index (χ1v) is 6.05. The molecule has 0 radical (unpaired) electrons. The minimum absolute atomic E-state index is 0.00431. The summed E-state index contributed by atoms with van der Waals surface area (Å²) in [6, 6.07) is 4.68. The van der Waals surface area contributed by atoms with E-state index in [0.29, 0.717) is 12.1 Å². The Morgan fingerprint density at radius 2 is 2.19 bits per heavy atom. The molecule has 2 heterocycles. The summed E-state index contributed by atoms with van der Waals surface area (Å²) in [5.74, 6) is 0. The number of aromatic nitrogens is 1. The Bertz CT molecular complexity index is 422. The van der Waals surface area contributed by atoms with Crippen molar-refractivity contribution in [1.82, 2.24) is 9.88 Å². The average molecular weight is 220 g/mol. The molecule has 0 bridgehead atoms. The third-order valence-electron chi connectivity index (χ3n) is 3.47. The second-order valence-corrected chi connectivity index (χ2v) is 4.89. The highest BCUT2D eigenvalue weighted by molar-refractivity contribution is 5.23. The van der Waals surface area contributed by atoms with Crippen LogP contribution in [0.3, 0.4) is 0 Å². The fourth-order valence-corrected chi connectivity index (χ4v) is 2.69. The lowest BCUT2D eigenvalue weighted by Gasteiger charge is -2.29. The molecule has 3 heteroatoms. The second kappa shape index (κ2) is 4.42. The number of aryl methyl sites for hydroxylation is 1. The van der Waals surface area contributed by atoms with Crippen molar-refractivity contribution in [2.45, 2.75) is 45.7 Å². The van der Waals surface area contributed by atoms with Crippen molar-refractivity contribution in [1.29, 1.82) is 0 Å². The Hall–Kier alpha value is -1.09. The fourth-order valence-electron chi connectivity index (χ4n) is 2.69. The van der Waals surface area contributed by atoms with Crippen LogP contribution in [0.4, 0.5) is 0 Å². The molecule has 2 rings (SSSR count). The lowest BCUT2D eigenvalue weighted by atomic mass is 10.0. The van der Waals surface area contributed by atoms with Crippen molar-refractivity contribution in [3.05, 3.63) is 33.7 Å². The normalized spacial score (nSPS) is 21.9. The first-order chi connectivity index (χ1) is 7.59. The number of nitrogens with zero attached hydrogens (tertiary/aromatic N) is 1. The molecule has 16 heavy (non-hydrogen) atoms. The van der Waals surface area contributed by atoms with Gasteiger partial charge in [0.05, 0.1) is 0 Å². The largest absolute Gasteiger partial charge is 0.326 e. The molecule has 1 saturated heterocycles. The van der Waals surface area contributed by atoms with E-state index in [-0.39, 0.29) is 5.56 Å². The number of pyridine rings is 1. The Balaban J connectivity index is 2.33. The van der Waals surface area contributed by atoms with Crippen LogP contribution in [0.5, 0.6) is 0 Å². The van der Waals surface area contributed by atoms with Gasteiger partial charge in [-0.1, -0.05) is 6.07 Å². The second-order valence-electron chi connectivity index (χ2n) is 4.89. The highest BCUT2D eigenvalue weighted by Crippen LogP contribution is 2.33. The average Bonchev–Trinajstić information content (AvgIpc) is 2.66. The molecule has 88 valence electrons. The van der Waals surface area contributed by atoms with E-state index < -0.39 is 0 Å². The molecule has 0 spiro atoms. The predicted molar refractivity (Wildman–Crippen MR) is 65.6 cm³/mol. The first kappa shape index (κ1) is 11.4. The molecule has 3 nitrogen and oxygen atoms in total. The maximum atomic E-state index is 11.2. The zero-order valence-electron chi connectivity index (χ0n) is 10.3. The van der Waals surface area contributed by atoms with Crippen LogP contribution in [0.2, 0.25) is 0 Å². The van der Waals surface area contributed by atoms with Crippen LogP contribution in [0.15, 0.2) is 16.9 Å². The molecule has 1 N–H and O–H groups in total. The van der Waals surface area contributed by atoms with Gasteiger partial charge in [0.1, 0.15) is 0 Å². The van der Waals surface area contributed by atoms with Crippen molar-refractivity contribution in [3.8, 4) is 0 Å². The van der Waals surface area contributed by atoms with Gasteiger partial charge in [0, 0.05) is 23.8 Å². The number of nitrogens with one attached hydrogen (secondary N) is 1. The molecule has 0 amide bonds. The molecule has 1 aliphatic rings. The summed E-state index contributed by atoms with van der Waals surface area (Å²) in [7, 11) is 0. The van der Waals surface area contributed by atoms with Crippen LogP contribution < -0.4 is 5.56 Å². The number of H-pyrrole nitrogens is 1. The topological polar surface area (TPSA) is 36.1 Å². The lowest BCUT2D eigenvalue weighted by molar-refractivity contribution is 0.204. The zero-order chi connectivity index (χ0) is 11.7. The van der Waals surface area contributed by atoms with E-state index in [0.717, 1.165) is 5.69 Å². The quantitative estimate of drug-likeness (QED) is 0.829. The molecule has 1 atom stereocenters. The molecular weight excluding hydrogens is 200 g/mol. The van der Waals surface area contributed by atoms with Crippen LogP contribution in [-0.2, 0) is 0 Å². The highest BCUT2D eigenvalue weighted by atomic mass is 16.1. The smallest absolute Gasteiger partial charge is 0.248 e. The SMILES string of the molecule is Cc1[nH]c(=O)ccc1[C@H]1CCCN1C(C)C. The fraction of sp³-hybridized carbons (Fsp3) is 0.615. The summed E-state index contributed by atoms with van der Waals surface area (Å²) < 4.78 is 0. The maximum absolute atomic E-state index is 11.2. The molecule has 1 aliphatic heterocycles. The van der Waals surface area contributed by atoms with Gasteiger partial charge < -0.3 is 4.98 Å². The van der Waals surface area contributed by atoms with Gasteiger partial charge >= 0.3 is 0 Å².